The summed E-state index contributed by atoms with van der Waals surface area (Å²) in [6.07, 6.45) is 3.30. The van der Waals surface area contributed by atoms with E-state index >= 15 is 0 Å². The van der Waals surface area contributed by atoms with Crippen LogP contribution in [0.15, 0.2) is 29.3 Å². The average molecular weight is 535 g/mol. The van der Waals surface area contributed by atoms with Crippen molar-refractivity contribution >= 4 is 29.9 Å². The van der Waals surface area contributed by atoms with E-state index in [9.17, 15) is 4.39 Å². The highest BCUT2D eigenvalue weighted by molar-refractivity contribution is 14.0. The number of halogens is 2. The van der Waals surface area contributed by atoms with Crippen LogP contribution in [0.3, 0.4) is 0 Å². The first kappa shape index (κ1) is 27.1. The van der Waals surface area contributed by atoms with Gasteiger partial charge in [0.1, 0.15) is 5.82 Å². The van der Waals surface area contributed by atoms with Gasteiger partial charge in [0.05, 0.1) is 0 Å². The molecule has 0 bridgehead atoms. The molecular weight excluding hydrogens is 496 g/mol. The molecule has 1 aliphatic heterocycles. The van der Waals surface area contributed by atoms with Gasteiger partial charge in [-0.2, -0.15) is 0 Å². The molecule has 172 valence electrons. The summed E-state index contributed by atoms with van der Waals surface area (Å²) in [6, 6.07) is 7.08. The van der Waals surface area contributed by atoms with E-state index in [4.69, 9.17) is 4.74 Å². The van der Waals surface area contributed by atoms with Gasteiger partial charge in [-0.3, -0.25) is 9.89 Å². The monoisotopic (exact) mass is 535 g/mol. The van der Waals surface area contributed by atoms with Gasteiger partial charge in [0, 0.05) is 59.1 Å². The smallest absolute Gasteiger partial charge is 0.191 e. The Morgan fingerprint density at radius 1 is 1.23 bits per heavy atom. The number of aliphatic imine (C=N–C) groups is 1. The number of nitrogens with one attached hydrogen (secondary N) is 2. The van der Waals surface area contributed by atoms with Crippen LogP contribution in [-0.4, -0.2) is 82.8 Å². The number of likely N-dealkylation sites (N-methyl/N-ethyl adjacent to an activating group) is 1. The summed E-state index contributed by atoms with van der Waals surface area (Å²) in [6.45, 7) is 7.33. The number of nitrogens with zero attached hydrogens (tertiary/aromatic N) is 3. The van der Waals surface area contributed by atoms with E-state index in [-0.39, 0.29) is 29.8 Å². The van der Waals surface area contributed by atoms with Gasteiger partial charge >= 0.3 is 0 Å². The Morgan fingerprint density at radius 2 is 1.97 bits per heavy atom. The minimum atomic E-state index is -0.101. The van der Waals surface area contributed by atoms with Crippen molar-refractivity contribution in [1.82, 2.24) is 20.4 Å². The third kappa shape index (κ3) is 10.4. The molecule has 0 aromatic heterocycles. The van der Waals surface area contributed by atoms with Crippen LogP contribution in [-0.2, 0) is 11.3 Å². The molecule has 1 fully saturated rings. The minimum Gasteiger partial charge on any atom is -0.385 e. The highest BCUT2D eigenvalue weighted by atomic mass is 127. The van der Waals surface area contributed by atoms with Crippen LogP contribution in [0.25, 0.3) is 0 Å². The number of benzene rings is 1. The predicted octanol–water partition coefficient (Wildman–Crippen LogP) is 2.79. The van der Waals surface area contributed by atoms with Gasteiger partial charge in [0.15, 0.2) is 5.96 Å². The van der Waals surface area contributed by atoms with Gasteiger partial charge < -0.3 is 20.3 Å². The Balaban J connectivity index is 0.00000450. The van der Waals surface area contributed by atoms with Crippen LogP contribution >= 0.6 is 24.0 Å². The fourth-order valence-electron chi connectivity index (χ4n) is 3.63. The lowest BCUT2D eigenvalue weighted by molar-refractivity contribution is 0.176. The van der Waals surface area contributed by atoms with Gasteiger partial charge in [-0.05, 0) is 51.4 Å². The van der Waals surface area contributed by atoms with Crippen molar-refractivity contribution < 1.29 is 9.13 Å². The molecule has 0 radical (unpaired) electrons. The van der Waals surface area contributed by atoms with Crippen molar-refractivity contribution in [2.24, 2.45) is 10.9 Å². The number of rotatable bonds is 11. The fraction of sp³-hybridized carbons (Fsp3) is 0.682. The van der Waals surface area contributed by atoms with Gasteiger partial charge in [0.2, 0.25) is 0 Å². The second-order valence-corrected chi connectivity index (χ2v) is 7.84. The van der Waals surface area contributed by atoms with Crippen molar-refractivity contribution in [2.75, 3.05) is 67.1 Å². The Kier molecular flexibility index (Phi) is 14.2. The minimum absolute atomic E-state index is 0. The molecule has 6 nitrogen and oxygen atoms in total. The van der Waals surface area contributed by atoms with E-state index in [0.717, 1.165) is 76.7 Å². The lowest BCUT2D eigenvalue weighted by Crippen LogP contribution is -2.44. The summed E-state index contributed by atoms with van der Waals surface area (Å²) in [5.74, 6) is 1.39. The Morgan fingerprint density at radius 3 is 2.63 bits per heavy atom. The number of methoxy groups -OCH3 is 1. The lowest BCUT2D eigenvalue weighted by Gasteiger charge is -2.32. The van der Waals surface area contributed by atoms with Crippen LogP contribution in [0.1, 0.15) is 24.8 Å². The Hall–Kier alpha value is -0.970. The molecule has 2 rings (SSSR count). The number of likely N-dealkylation sites (tertiary alicyclic amines) is 1. The molecule has 1 aliphatic rings. The fourth-order valence-corrected chi connectivity index (χ4v) is 3.63. The predicted molar refractivity (Wildman–Crippen MR) is 133 cm³/mol. The lowest BCUT2D eigenvalue weighted by atomic mass is 9.96. The zero-order chi connectivity index (χ0) is 20.9. The Bertz CT molecular complexity index is 611. The van der Waals surface area contributed by atoms with Crippen molar-refractivity contribution in [1.29, 1.82) is 0 Å². The zero-order valence-corrected chi connectivity index (χ0v) is 21.0. The molecule has 0 amide bonds. The van der Waals surface area contributed by atoms with E-state index < -0.39 is 0 Å². The number of piperidine rings is 1. The molecule has 0 unspecified atom stereocenters. The summed E-state index contributed by atoms with van der Waals surface area (Å²) in [5, 5.41) is 6.85. The number of guanidine groups is 1. The zero-order valence-electron chi connectivity index (χ0n) is 18.7. The first-order valence-corrected chi connectivity index (χ1v) is 10.7. The molecule has 30 heavy (non-hydrogen) atoms. The first-order chi connectivity index (χ1) is 14.1. The number of ether oxygens (including phenoxy) is 1. The highest BCUT2D eigenvalue weighted by Crippen LogP contribution is 2.19. The van der Waals surface area contributed by atoms with E-state index in [1.807, 2.05) is 19.2 Å². The van der Waals surface area contributed by atoms with E-state index in [0.29, 0.717) is 12.5 Å². The summed E-state index contributed by atoms with van der Waals surface area (Å²) in [5.41, 5.74) is 0.792. The SMILES string of the molecule is CN=C(NCCN(C)CCCOC)NCC1CCN(Cc2ccccc2F)CC1.I. The normalized spacial score (nSPS) is 15.8. The maximum atomic E-state index is 13.8. The second kappa shape index (κ2) is 15.8. The van der Waals surface area contributed by atoms with Crippen LogP contribution in [0, 0.1) is 11.7 Å². The highest BCUT2D eigenvalue weighted by Gasteiger charge is 2.20. The van der Waals surface area contributed by atoms with Crippen molar-refractivity contribution in [3.63, 3.8) is 0 Å². The third-order valence-electron chi connectivity index (χ3n) is 5.51. The molecule has 8 heteroatoms. The third-order valence-corrected chi connectivity index (χ3v) is 5.51. The molecule has 0 atom stereocenters. The first-order valence-electron chi connectivity index (χ1n) is 10.7. The molecule has 1 saturated heterocycles. The standard InChI is InChI=1S/C22H38FN5O.HI/c1-24-22(25-11-15-27(2)12-6-16-29-3)26-17-19-9-13-28(14-10-19)18-20-7-4-5-8-21(20)23;/h4-5,7-8,19H,6,9-18H2,1-3H3,(H2,24,25,26);1H. The summed E-state index contributed by atoms with van der Waals surface area (Å²) >= 11 is 0. The molecule has 0 saturated carbocycles. The second-order valence-electron chi connectivity index (χ2n) is 7.84. The van der Waals surface area contributed by atoms with Gasteiger partial charge in [-0.15, -0.1) is 24.0 Å². The van der Waals surface area contributed by atoms with E-state index in [2.05, 4.69) is 32.5 Å². The van der Waals surface area contributed by atoms with Crippen LogP contribution in [0.5, 0.6) is 0 Å². The van der Waals surface area contributed by atoms with Crippen LogP contribution in [0.4, 0.5) is 4.39 Å². The largest absolute Gasteiger partial charge is 0.385 e. The van der Waals surface area contributed by atoms with E-state index in [1.54, 1.807) is 19.2 Å². The molecule has 2 N–H and O–H groups in total. The number of hydrogen-bond donors (Lipinski definition) is 2. The summed E-state index contributed by atoms with van der Waals surface area (Å²) < 4.78 is 18.9. The molecule has 1 aromatic carbocycles. The maximum Gasteiger partial charge on any atom is 0.191 e. The van der Waals surface area contributed by atoms with Gasteiger partial charge in [0.25, 0.3) is 0 Å². The van der Waals surface area contributed by atoms with Gasteiger partial charge in [-0.1, -0.05) is 18.2 Å². The average Bonchev–Trinajstić information content (AvgIpc) is 2.73. The molecule has 0 aliphatic carbocycles. The van der Waals surface area contributed by atoms with Crippen molar-refractivity contribution in [3.8, 4) is 0 Å². The van der Waals surface area contributed by atoms with Crippen LogP contribution in [0.2, 0.25) is 0 Å². The Labute approximate surface area is 198 Å². The van der Waals surface area contributed by atoms with Crippen molar-refractivity contribution in [2.45, 2.75) is 25.8 Å². The maximum absolute atomic E-state index is 13.8. The van der Waals surface area contributed by atoms with Crippen LogP contribution < -0.4 is 10.6 Å². The van der Waals surface area contributed by atoms with E-state index in [1.165, 1.54) is 0 Å². The summed E-state index contributed by atoms with van der Waals surface area (Å²) in [4.78, 5) is 8.97. The summed E-state index contributed by atoms with van der Waals surface area (Å²) in [7, 11) is 5.68. The molecule has 1 aromatic rings. The van der Waals surface area contributed by atoms with Crippen molar-refractivity contribution in [3.05, 3.63) is 35.6 Å². The topological polar surface area (TPSA) is 52.1 Å². The molecular formula is C22H39FIN5O. The quantitative estimate of drug-likeness (QED) is 0.198. The molecule has 0 spiro atoms. The number of hydrogen-bond acceptors (Lipinski definition) is 4. The molecule has 1 heterocycles. The van der Waals surface area contributed by atoms with Gasteiger partial charge in [-0.25, -0.2) is 4.39 Å².